The molecule has 21 heavy (non-hydrogen) atoms. The minimum absolute atomic E-state index is 0.159. The quantitative estimate of drug-likeness (QED) is 0.804. The average molecular weight is 285 g/mol. The molecular formula is C15H15N3O3. The molecule has 2 aromatic rings. The number of anilines is 1. The van der Waals surface area contributed by atoms with Crippen LogP contribution < -0.4 is 10.6 Å². The van der Waals surface area contributed by atoms with Gasteiger partial charge in [-0.1, -0.05) is 29.8 Å². The van der Waals surface area contributed by atoms with Crippen molar-refractivity contribution in [2.45, 2.75) is 13.5 Å². The molecule has 0 aliphatic heterocycles. The number of rotatable bonds is 4. The number of aromatic carboxylic acids is 1. The highest BCUT2D eigenvalue weighted by atomic mass is 16.4. The van der Waals surface area contributed by atoms with Crippen molar-refractivity contribution in [2.24, 2.45) is 0 Å². The number of carbonyl (C=O) groups excluding carboxylic acids is 1. The van der Waals surface area contributed by atoms with Crippen LogP contribution in [0.1, 0.15) is 21.6 Å². The fourth-order valence-corrected chi connectivity index (χ4v) is 1.85. The van der Waals surface area contributed by atoms with Crippen LogP contribution in [-0.2, 0) is 6.54 Å². The average Bonchev–Trinajstić information content (AvgIpc) is 2.45. The van der Waals surface area contributed by atoms with E-state index < -0.39 is 12.0 Å². The molecule has 1 aromatic carbocycles. The molecule has 0 bridgehead atoms. The van der Waals surface area contributed by atoms with Crippen LogP contribution in [-0.4, -0.2) is 22.1 Å². The number of nitrogens with one attached hydrogen (secondary N) is 2. The number of aromatic nitrogens is 1. The molecule has 1 heterocycles. The lowest BCUT2D eigenvalue weighted by molar-refractivity contribution is 0.0691. The van der Waals surface area contributed by atoms with Gasteiger partial charge in [0.2, 0.25) is 0 Å². The van der Waals surface area contributed by atoms with Gasteiger partial charge < -0.3 is 15.7 Å². The van der Waals surface area contributed by atoms with E-state index in [1.165, 1.54) is 12.3 Å². The predicted octanol–water partition coefficient (Wildman–Crippen LogP) is 2.41. The van der Waals surface area contributed by atoms with Gasteiger partial charge in [-0.2, -0.15) is 0 Å². The van der Waals surface area contributed by atoms with Crippen LogP contribution in [0.3, 0.4) is 0 Å². The van der Waals surface area contributed by atoms with E-state index in [-0.39, 0.29) is 11.4 Å². The maximum Gasteiger partial charge on any atom is 0.356 e. The number of carboxylic acid groups (broad SMARTS) is 1. The van der Waals surface area contributed by atoms with Crippen LogP contribution in [0, 0.1) is 6.92 Å². The molecule has 6 heteroatoms. The van der Waals surface area contributed by atoms with Crippen molar-refractivity contribution in [2.75, 3.05) is 5.32 Å². The number of hydrogen-bond donors (Lipinski definition) is 3. The lowest BCUT2D eigenvalue weighted by Gasteiger charge is -2.09. The third-order valence-corrected chi connectivity index (χ3v) is 2.79. The maximum atomic E-state index is 11.8. The highest BCUT2D eigenvalue weighted by Crippen LogP contribution is 2.11. The van der Waals surface area contributed by atoms with Gasteiger partial charge in [-0.3, -0.25) is 0 Å². The van der Waals surface area contributed by atoms with E-state index in [0.29, 0.717) is 6.54 Å². The SMILES string of the molecule is Cc1cccc(CNC(=O)Nc2cccnc2C(=O)O)c1. The van der Waals surface area contributed by atoms with Crippen molar-refractivity contribution in [1.82, 2.24) is 10.3 Å². The number of nitrogens with zero attached hydrogens (tertiary/aromatic N) is 1. The summed E-state index contributed by atoms with van der Waals surface area (Å²) in [5.41, 5.74) is 2.04. The summed E-state index contributed by atoms with van der Waals surface area (Å²) in [4.78, 5) is 26.5. The van der Waals surface area contributed by atoms with Crippen molar-refractivity contribution < 1.29 is 14.7 Å². The maximum absolute atomic E-state index is 11.8. The minimum atomic E-state index is -1.19. The smallest absolute Gasteiger partial charge is 0.356 e. The fraction of sp³-hybridized carbons (Fsp3) is 0.133. The summed E-state index contributed by atoms with van der Waals surface area (Å²) < 4.78 is 0. The highest BCUT2D eigenvalue weighted by molar-refractivity contribution is 5.98. The number of amides is 2. The standard InChI is InChI=1S/C15H15N3O3/c1-10-4-2-5-11(8-10)9-17-15(21)18-12-6-3-7-16-13(12)14(19)20/h2-8H,9H2,1H3,(H,19,20)(H2,17,18,21). The molecule has 0 atom stereocenters. The van der Waals surface area contributed by atoms with Crippen LogP contribution in [0.25, 0.3) is 0 Å². The molecule has 1 aromatic heterocycles. The topological polar surface area (TPSA) is 91.3 Å². The van der Waals surface area contributed by atoms with Gasteiger partial charge in [0.25, 0.3) is 0 Å². The number of hydrogen-bond acceptors (Lipinski definition) is 3. The van der Waals surface area contributed by atoms with Crippen LogP contribution in [0.2, 0.25) is 0 Å². The van der Waals surface area contributed by atoms with Gasteiger partial charge in [-0.05, 0) is 24.6 Å². The first kappa shape index (κ1) is 14.5. The van der Waals surface area contributed by atoms with E-state index in [9.17, 15) is 9.59 Å². The zero-order chi connectivity index (χ0) is 15.2. The van der Waals surface area contributed by atoms with Gasteiger partial charge in [-0.25, -0.2) is 14.6 Å². The second kappa shape index (κ2) is 6.51. The Bertz CT molecular complexity index is 671. The number of carboxylic acids is 1. The second-order valence-corrected chi connectivity index (χ2v) is 4.50. The molecule has 0 saturated carbocycles. The molecule has 0 spiro atoms. The van der Waals surface area contributed by atoms with Gasteiger partial charge in [-0.15, -0.1) is 0 Å². The first-order valence-electron chi connectivity index (χ1n) is 6.35. The first-order chi connectivity index (χ1) is 10.1. The Hall–Kier alpha value is -2.89. The normalized spacial score (nSPS) is 9.95. The van der Waals surface area contributed by atoms with Crippen molar-refractivity contribution in [3.05, 3.63) is 59.4 Å². The number of aryl methyl sites for hydroxylation is 1. The van der Waals surface area contributed by atoms with Crippen LogP contribution in [0.5, 0.6) is 0 Å². The van der Waals surface area contributed by atoms with Gasteiger partial charge in [0.05, 0.1) is 5.69 Å². The van der Waals surface area contributed by atoms with Crippen molar-refractivity contribution in [3.63, 3.8) is 0 Å². The van der Waals surface area contributed by atoms with Crippen molar-refractivity contribution in [3.8, 4) is 0 Å². The Morgan fingerprint density at radius 1 is 1.24 bits per heavy atom. The molecule has 0 aliphatic rings. The molecule has 0 radical (unpaired) electrons. The predicted molar refractivity (Wildman–Crippen MR) is 78.2 cm³/mol. The monoisotopic (exact) mass is 285 g/mol. The number of carbonyl (C=O) groups is 2. The fourth-order valence-electron chi connectivity index (χ4n) is 1.85. The van der Waals surface area contributed by atoms with Gasteiger partial charge >= 0.3 is 12.0 Å². The van der Waals surface area contributed by atoms with Gasteiger partial charge in [0.15, 0.2) is 5.69 Å². The van der Waals surface area contributed by atoms with Crippen molar-refractivity contribution >= 4 is 17.7 Å². The Labute approximate surface area is 121 Å². The van der Waals surface area contributed by atoms with Crippen LogP contribution in [0.15, 0.2) is 42.6 Å². The zero-order valence-electron chi connectivity index (χ0n) is 11.5. The summed E-state index contributed by atoms with van der Waals surface area (Å²) in [7, 11) is 0. The molecule has 0 fully saturated rings. The van der Waals surface area contributed by atoms with E-state index in [0.717, 1.165) is 11.1 Å². The Morgan fingerprint density at radius 3 is 2.76 bits per heavy atom. The second-order valence-electron chi connectivity index (χ2n) is 4.50. The van der Waals surface area contributed by atoms with E-state index >= 15 is 0 Å². The Kier molecular flexibility index (Phi) is 4.50. The molecule has 3 N–H and O–H groups in total. The molecule has 2 amide bonds. The summed E-state index contributed by atoms with van der Waals surface area (Å²) in [6.07, 6.45) is 1.36. The first-order valence-corrected chi connectivity index (χ1v) is 6.35. The number of benzene rings is 1. The molecular weight excluding hydrogens is 270 g/mol. The largest absolute Gasteiger partial charge is 0.476 e. The lowest BCUT2D eigenvalue weighted by atomic mass is 10.1. The summed E-state index contributed by atoms with van der Waals surface area (Å²) in [6.45, 7) is 2.33. The van der Waals surface area contributed by atoms with Gasteiger partial charge in [0.1, 0.15) is 0 Å². The summed E-state index contributed by atoms with van der Waals surface area (Å²) in [6, 6.07) is 10.3. The lowest BCUT2D eigenvalue weighted by Crippen LogP contribution is -2.29. The highest BCUT2D eigenvalue weighted by Gasteiger charge is 2.12. The van der Waals surface area contributed by atoms with E-state index in [1.807, 2.05) is 31.2 Å². The van der Waals surface area contributed by atoms with Gasteiger partial charge in [0, 0.05) is 12.7 Å². The van der Waals surface area contributed by atoms with Crippen LogP contribution in [0.4, 0.5) is 10.5 Å². The van der Waals surface area contributed by atoms with Crippen LogP contribution >= 0.6 is 0 Å². The molecule has 2 rings (SSSR count). The summed E-state index contributed by atoms with van der Waals surface area (Å²) in [5, 5.41) is 14.1. The Balaban J connectivity index is 1.98. The Morgan fingerprint density at radius 2 is 2.05 bits per heavy atom. The van der Waals surface area contributed by atoms with E-state index in [4.69, 9.17) is 5.11 Å². The third kappa shape index (κ3) is 4.04. The summed E-state index contributed by atoms with van der Waals surface area (Å²) in [5.74, 6) is -1.19. The van der Waals surface area contributed by atoms with Crippen molar-refractivity contribution in [1.29, 1.82) is 0 Å². The molecule has 0 unspecified atom stereocenters. The molecule has 0 aliphatic carbocycles. The van der Waals surface area contributed by atoms with E-state index in [2.05, 4.69) is 15.6 Å². The van der Waals surface area contributed by atoms with E-state index in [1.54, 1.807) is 6.07 Å². The number of pyridine rings is 1. The molecule has 108 valence electrons. The zero-order valence-corrected chi connectivity index (χ0v) is 11.5. The minimum Gasteiger partial charge on any atom is -0.476 e. The summed E-state index contributed by atoms with van der Waals surface area (Å²) >= 11 is 0. The molecule has 6 nitrogen and oxygen atoms in total. The third-order valence-electron chi connectivity index (χ3n) is 2.79. The number of urea groups is 1. The molecule has 0 saturated heterocycles.